The van der Waals surface area contributed by atoms with Crippen molar-refractivity contribution in [3.05, 3.63) is 103 Å². The number of ketones is 1. The van der Waals surface area contributed by atoms with Gasteiger partial charge in [-0.15, -0.1) is 0 Å². The van der Waals surface area contributed by atoms with E-state index in [9.17, 15) is 4.79 Å². The van der Waals surface area contributed by atoms with Crippen molar-refractivity contribution >= 4 is 42.5 Å². The van der Waals surface area contributed by atoms with E-state index in [0.29, 0.717) is 0 Å². The van der Waals surface area contributed by atoms with Crippen LogP contribution in [-0.2, 0) is 4.79 Å². The molecule has 0 aliphatic rings. The Morgan fingerprint density at radius 3 is 1.32 bits per heavy atom. The van der Waals surface area contributed by atoms with Crippen molar-refractivity contribution in [2.24, 2.45) is 0 Å². The molecule has 3 heteroatoms. The van der Waals surface area contributed by atoms with Crippen LogP contribution < -0.4 is 15.9 Å². The number of hydrogen-bond donors (Lipinski definition) is 0. The topological polar surface area (TPSA) is 17.1 Å². The Balaban J connectivity index is 2.47. The first kappa shape index (κ1) is 17.8. The van der Waals surface area contributed by atoms with E-state index in [1.54, 1.807) is 13.0 Å². The molecule has 126 valence electrons. The molecule has 3 aromatic rings. The van der Waals surface area contributed by atoms with Gasteiger partial charge in [-0.1, -0.05) is 0 Å². The molecular formula is C22H20BrOP. The Bertz CT molecular complexity index is 790. The monoisotopic (exact) mass is 410 g/mol. The van der Waals surface area contributed by atoms with Gasteiger partial charge in [0.1, 0.15) is 0 Å². The molecule has 0 heterocycles. The van der Waals surface area contributed by atoms with Crippen molar-refractivity contribution in [3.8, 4) is 0 Å². The first-order chi connectivity index (χ1) is 12.1. The first-order valence-corrected chi connectivity index (χ1v) is 12.5. The summed E-state index contributed by atoms with van der Waals surface area (Å²) in [5, 5.41) is 0.424. The third-order valence-corrected chi connectivity index (χ3v) is 13.4. The summed E-state index contributed by atoms with van der Waals surface area (Å²) >= 11 is 4.24. The van der Waals surface area contributed by atoms with E-state index in [-0.39, 0.29) is 5.78 Å². The second kappa shape index (κ2) is 7.07. The zero-order chi connectivity index (χ0) is 17.8. The van der Waals surface area contributed by atoms with E-state index in [1.807, 2.05) is 54.6 Å². The van der Waals surface area contributed by atoms with Gasteiger partial charge in [0.25, 0.3) is 0 Å². The summed E-state index contributed by atoms with van der Waals surface area (Å²) in [4.78, 5) is 11.8. The van der Waals surface area contributed by atoms with Crippen molar-refractivity contribution in [3.63, 3.8) is 0 Å². The number of halogens is 1. The molecule has 0 radical (unpaired) electrons. The van der Waals surface area contributed by atoms with Crippen LogP contribution in [0.1, 0.15) is 6.92 Å². The third-order valence-electron chi connectivity index (χ3n) is 4.37. The predicted octanol–water partition coefficient (Wildman–Crippen LogP) is 4.93. The van der Waals surface area contributed by atoms with Gasteiger partial charge in [0.05, 0.1) is 0 Å². The van der Waals surface area contributed by atoms with Crippen molar-refractivity contribution in [1.82, 2.24) is 0 Å². The summed E-state index contributed by atoms with van der Waals surface area (Å²) < 4.78 is 0. The molecule has 0 atom stereocenters. The van der Waals surface area contributed by atoms with Crippen LogP contribution in [0.5, 0.6) is 0 Å². The van der Waals surface area contributed by atoms with Gasteiger partial charge in [0.2, 0.25) is 0 Å². The molecule has 0 aliphatic heterocycles. The average molecular weight is 411 g/mol. The molecule has 0 N–H and O–H groups in total. The van der Waals surface area contributed by atoms with Gasteiger partial charge in [0.15, 0.2) is 0 Å². The van der Waals surface area contributed by atoms with Crippen LogP contribution in [0.2, 0.25) is 0 Å². The van der Waals surface area contributed by atoms with E-state index in [1.165, 1.54) is 15.9 Å². The van der Waals surface area contributed by atoms with Crippen molar-refractivity contribution in [1.29, 1.82) is 0 Å². The fraction of sp³-hybridized carbons (Fsp3) is 0.0455. The molecule has 0 spiro atoms. The summed E-state index contributed by atoms with van der Waals surface area (Å²) in [5.41, 5.74) is 0. The van der Waals surface area contributed by atoms with E-state index < -0.39 is 5.31 Å². The first-order valence-electron chi connectivity index (χ1n) is 8.16. The molecule has 0 aromatic heterocycles. The minimum atomic E-state index is -3.09. The van der Waals surface area contributed by atoms with Crippen LogP contribution in [0.25, 0.3) is 0 Å². The van der Waals surface area contributed by atoms with Crippen LogP contribution in [0.15, 0.2) is 103 Å². The maximum atomic E-state index is 11.8. The summed E-state index contributed by atoms with van der Waals surface area (Å²) in [6.07, 6.45) is 1.69. The van der Waals surface area contributed by atoms with Crippen molar-refractivity contribution < 1.29 is 4.79 Å². The number of benzene rings is 3. The third kappa shape index (κ3) is 3.13. The van der Waals surface area contributed by atoms with Gasteiger partial charge in [0, 0.05) is 0 Å². The molecule has 0 bridgehead atoms. The standard InChI is InChI=1S/C22H20BrOP/c1-19(24)17-18-25(23,20-11-5-2-6-12-20,21-13-7-3-8-14-21)22-15-9-4-10-16-22/h2-18H,1H3/b18-17+. The molecule has 0 saturated heterocycles. The molecule has 0 aliphatic carbocycles. The number of carbonyl (C=O) groups is 1. The summed E-state index contributed by atoms with van der Waals surface area (Å²) in [7, 11) is 0. The zero-order valence-corrected chi connectivity index (χ0v) is 16.5. The van der Waals surface area contributed by atoms with Gasteiger partial charge in [-0.25, -0.2) is 0 Å². The normalized spacial score (nSPS) is 13.3. The Labute approximate surface area is 157 Å². The molecular weight excluding hydrogens is 391 g/mol. The Hall–Kier alpha value is -2.02. The molecule has 0 fully saturated rings. The fourth-order valence-corrected chi connectivity index (χ4v) is 9.76. The SMILES string of the molecule is CC(=O)/C=C/P(Br)(c1ccccc1)(c1ccccc1)c1ccccc1. The van der Waals surface area contributed by atoms with Gasteiger partial charge in [-0.05, 0) is 0 Å². The summed E-state index contributed by atoms with van der Waals surface area (Å²) in [6.45, 7) is 1.59. The quantitative estimate of drug-likeness (QED) is 0.430. The Morgan fingerprint density at radius 2 is 1.04 bits per heavy atom. The summed E-state index contributed by atoms with van der Waals surface area (Å²) in [5.74, 6) is 2.13. The number of carbonyl (C=O) groups excluding carboxylic acids is 1. The van der Waals surface area contributed by atoms with Crippen molar-refractivity contribution in [2.75, 3.05) is 0 Å². The molecule has 0 unspecified atom stereocenters. The molecule has 0 saturated carbocycles. The van der Waals surface area contributed by atoms with Crippen molar-refractivity contribution in [2.45, 2.75) is 6.92 Å². The van der Waals surface area contributed by atoms with Crippen LogP contribution in [-0.4, -0.2) is 5.78 Å². The van der Waals surface area contributed by atoms with Gasteiger partial charge in [-0.3, -0.25) is 0 Å². The van der Waals surface area contributed by atoms with Crippen LogP contribution in [0.4, 0.5) is 0 Å². The predicted molar refractivity (Wildman–Crippen MR) is 114 cm³/mol. The molecule has 3 aromatic carbocycles. The average Bonchev–Trinajstić information content (AvgIpc) is 2.68. The Kier molecular flexibility index (Phi) is 5.03. The zero-order valence-electron chi connectivity index (χ0n) is 14.0. The fourth-order valence-electron chi connectivity index (χ4n) is 3.11. The van der Waals surface area contributed by atoms with Gasteiger partial charge < -0.3 is 0 Å². The minimum absolute atomic E-state index is 0.0382. The van der Waals surface area contributed by atoms with Gasteiger partial charge in [-0.2, -0.15) is 0 Å². The van der Waals surface area contributed by atoms with Crippen LogP contribution in [0.3, 0.4) is 0 Å². The molecule has 0 amide bonds. The van der Waals surface area contributed by atoms with Crippen LogP contribution in [0, 0.1) is 0 Å². The van der Waals surface area contributed by atoms with Crippen LogP contribution >= 0.6 is 20.8 Å². The second-order valence-corrected chi connectivity index (χ2v) is 14.4. The second-order valence-electron chi connectivity index (χ2n) is 6.01. The molecule has 25 heavy (non-hydrogen) atoms. The number of rotatable bonds is 5. The maximum absolute atomic E-state index is 11.8. The van der Waals surface area contributed by atoms with E-state index in [2.05, 4.69) is 57.7 Å². The van der Waals surface area contributed by atoms with Gasteiger partial charge >= 0.3 is 157 Å². The Morgan fingerprint density at radius 1 is 0.720 bits per heavy atom. The van der Waals surface area contributed by atoms with E-state index in [0.717, 1.165) is 0 Å². The number of allylic oxidation sites excluding steroid dienone is 1. The molecule has 3 rings (SSSR count). The molecule has 1 nitrogen and oxygen atoms in total. The summed E-state index contributed by atoms with van der Waals surface area (Å²) in [6, 6.07) is 31.1. The van der Waals surface area contributed by atoms with E-state index >= 15 is 0 Å². The number of hydrogen-bond acceptors (Lipinski definition) is 1. The van der Waals surface area contributed by atoms with E-state index in [4.69, 9.17) is 0 Å².